The molecule has 3 N–H and O–H groups in total. The van der Waals surface area contributed by atoms with Gasteiger partial charge in [0, 0.05) is 12.0 Å². The number of nitrogens with one attached hydrogen (secondary N) is 2. The minimum absolute atomic E-state index is 0.0871. The maximum atomic E-state index is 11.6. The molecular weight excluding hydrogens is 232 g/mol. The second-order valence-corrected chi connectivity index (χ2v) is 5.17. The maximum Gasteiger partial charge on any atom is 0.338 e. The van der Waals surface area contributed by atoms with Gasteiger partial charge in [-0.25, -0.2) is 10.3 Å². The first kappa shape index (κ1) is 15.2. The minimum atomic E-state index is -0.318. The minimum Gasteiger partial charge on any atom is -0.396 e. The molecule has 0 aromatic heterocycles. The van der Waals surface area contributed by atoms with E-state index in [-0.39, 0.29) is 24.2 Å². The van der Waals surface area contributed by atoms with Crippen LogP contribution in [0.25, 0.3) is 0 Å². The fraction of sp³-hybridized carbons (Fsp3) is 0.923. The van der Waals surface area contributed by atoms with Crippen LogP contribution in [-0.4, -0.2) is 30.4 Å². The predicted molar refractivity (Wildman–Crippen MR) is 70.0 cm³/mol. The van der Waals surface area contributed by atoms with E-state index in [1.54, 1.807) is 0 Å². The summed E-state index contributed by atoms with van der Waals surface area (Å²) in [5, 5.41) is 12.2. The Balaban J connectivity index is 2.22. The van der Waals surface area contributed by atoms with E-state index in [0.29, 0.717) is 6.54 Å². The van der Waals surface area contributed by atoms with Gasteiger partial charge in [-0.2, -0.15) is 0 Å². The monoisotopic (exact) mass is 258 g/mol. The Hall–Kier alpha value is -0.810. The maximum absolute atomic E-state index is 11.6. The van der Waals surface area contributed by atoms with Gasteiger partial charge in [-0.15, -0.1) is 0 Å². The van der Waals surface area contributed by atoms with Crippen LogP contribution in [0.1, 0.15) is 52.4 Å². The molecule has 2 amide bonds. The van der Waals surface area contributed by atoms with Gasteiger partial charge < -0.3 is 10.4 Å². The zero-order valence-corrected chi connectivity index (χ0v) is 11.5. The van der Waals surface area contributed by atoms with Gasteiger partial charge in [0.2, 0.25) is 0 Å². The molecule has 1 aliphatic rings. The number of hydrogen-bond donors (Lipinski definition) is 3. The summed E-state index contributed by atoms with van der Waals surface area (Å²) in [6.07, 6.45) is 6.22. The van der Waals surface area contributed by atoms with Crippen molar-refractivity contribution in [1.29, 1.82) is 0 Å². The number of urea groups is 1. The molecule has 0 unspecified atom stereocenters. The van der Waals surface area contributed by atoms with Crippen LogP contribution in [0.4, 0.5) is 4.79 Å². The van der Waals surface area contributed by atoms with E-state index in [2.05, 4.69) is 10.8 Å². The van der Waals surface area contributed by atoms with E-state index in [1.807, 2.05) is 13.8 Å². The van der Waals surface area contributed by atoms with Crippen molar-refractivity contribution in [2.75, 3.05) is 13.2 Å². The summed E-state index contributed by atoms with van der Waals surface area (Å²) in [6.45, 7) is 4.60. The fourth-order valence-electron chi connectivity index (χ4n) is 2.23. The van der Waals surface area contributed by atoms with Crippen LogP contribution in [0.3, 0.4) is 0 Å². The number of carbonyl (C=O) groups is 1. The highest BCUT2D eigenvalue weighted by Gasteiger charge is 2.26. The first-order valence-electron chi connectivity index (χ1n) is 6.96. The molecule has 1 rings (SSSR count). The molecule has 5 nitrogen and oxygen atoms in total. The lowest BCUT2D eigenvalue weighted by Gasteiger charge is -2.29. The first-order chi connectivity index (χ1) is 8.65. The van der Waals surface area contributed by atoms with E-state index in [1.165, 1.54) is 12.8 Å². The van der Waals surface area contributed by atoms with Crippen LogP contribution < -0.4 is 10.8 Å². The molecular formula is C13H26N2O3. The topological polar surface area (TPSA) is 70.6 Å². The summed E-state index contributed by atoms with van der Waals surface area (Å²) in [5.41, 5.74) is 2.22. The van der Waals surface area contributed by atoms with Crippen molar-refractivity contribution in [2.45, 2.75) is 58.5 Å². The first-order valence-corrected chi connectivity index (χ1v) is 6.96. The van der Waals surface area contributed by atoms with E-state index >= 15 is 0 Å². The molecule has 1 fully saturated rings. The second kappa shape index (κ2) is 7.59. The third-order valence-electron chi connectivity index (χ3n) is 4.08. The van der Waals surface area contributed by atoms with Gasteiger partial charge >= 0.3 is 6.03 Å². The lowest BCUT2D eigenvalue weighted by molar-refractivity contribution is -0.000977. The molecule has 0 aromatic carbocycles. The summed E-state index contributed by atoms with van der Waals surface area (Å²) >= 11 is 0. The highest BCUT2D eigenvalue weighted by Crippen LogP contribution is 2.24. The molecule has 1 aliphatic carbocycles. The van der Waals surface area contributed by atoms with E-state index in [9.17, 15) is 9.90 Å². The van der Waals surface area contributed by atoms with Crippen molar-refractivity contribution < 1.29 is 14.7 Å². The van der Waals surface area contributed by atoms with Gasteiger partial charge in [-0.3, -0.25) is 4.84 Å². The molecule has 18 heavy (non-hydrogen) atoms. The van der Waals surface area contributed by atoms with Crippen molar-refractivity contribution in [3.63, 3.8) is 0 Å². The quantitative estimate of drug-likeness (QED) is 0.611. The number of aliphatic hydroxyl groups is 1. The molecule has 0 aliphatic heterocycles. The van der Waals surface area contributed by atoms with Crippen LogP contribution in [0, 0.1) is 5.41 Å². The lowest BCUT2D eigenvalue weighted by atomic mass is 9.83. The zero-order chi connectivity index (χ0) is 13.4. The molecule has 106 valence electrons. The highest BCUT2D eigenvalue weighted by atomic mass is 16.7. The smallest absolute Gasteiger partial charge is 0.338 e. The number of hydroxylamine groups is 1. The Bertz CT molecular complexity index is 240. The molecule has 5 heteroatoms. The fourth-order valence-corrected chi connectivity index (χ4v) is 2.23. The van der Waals surface area contributed by atoms with E-state index in [0.717, 1.165) is 25.7 Å². The zero-order valence-electron chi connectivity index (χ0n) is 11.5. The molecule has 0 heterocycles. The standard InChI is InChI=1S/C13H26N2O3/c1-3-13(4-2,10-16)9-14-12(17)15-18-11-7-5-6-8-11/h11,16H,3-10H2,1-2H3,(H2,14,15,17). The highest BCUT2D eigenvalue weighted by molar-refractivity contribution is 5.72. The summed E-state index contributed by atoms with van der Waals surface area (Å²) in [5.74, 6) is 0. The largest absolute Gasteiger partial charge is 0.396 e. The third kappa shape index (κ3) is 4.46. The van der Waals surface area contributed by atoms with Crippen LogP contribution in [0.5, 0.6) is 0 Å². The van der Waals surface area contributed by atoms with Crippen molar-refractivity contribution in [1.82, 2.24) is 10.8 Å². The normalized spacial score (nSPS) is 16.8. The molecule has 0 radical (unpaired) electrons. The van der Waals surface area contributed by atoms with Gasteiger partial charge in [-0.05, 0) is 25.7 Å². The predicted octanol–water partition coefficient (Wildman–Crippen LogP) is 1.96. The number of rotatable bonds is 7. The SMILES string of the molecule is CCC(CC)(CO)CNC(=O)NOC1CCCC1. The molecule has 1 saturated carbocycles. The Morgan fingerprint density at radius 3 is 2.44 bits per heavy atom. The number of aliphatic hydroxyl groups excluding tert-OH is 1. The van der Waals surface area contributed by atoms with Crippen molar-refractivity contribution in [2.24, 2.45) is 5.41 Å². The van der Waals surface area contributed by atoms with E-state index in [4.69, 9.17) is 4.84 Å². The summed E-state index contributed by atoms with van der Waals surface area (Å²) in [6, 6.07) is -0.318. The summed E-state index contributed by atoms with van der Waals surface area (Å²) in [7, 11) is 0. The van der Waals surface area contributed by atoms with Crippen molar-refractivity contribution in [3.8, 4) is 0 Å². The third-order valence-corrected chi connectivity index (χ3v) is 4.08. The molecule has 0 spiro atoms. The van der Waals surface area contributed by atoms with Crippen molar-refractivity contribution >= 4 is 6.03 Å². The summed E-state index contributed by atoms with van der Waals surface area (Å²) < 4.78 is 0. The second-order valence-electron chi connectivity index (χ2n) is 5.17. The van der Waals surface area contributed by atoms with Gasteiger partial charge in [-0.1, -0.05) is 26.7 Å². The number of hydrogen-bond acceptors (Lipinski definition) is 3. The molecule has 0 aromatic rings. The van der Waals surface area contributed by atoms with Crippen molar-refractivity contribution in [3.05, 3.63) is 0 Å². The Morgan fingerprint density at radius 2 is 1.94 bits per heavy atom. The molecule has 0 bridgehead atoms. The van der Waals surface area contributed by atoms with E-state index < -0.39 is 0 Å². The van der Waals surface area contributed by atoms with Crippen LogP contribution in [0.15, 0.2) is 0 Å². The Morgan fingerprint density at radius 1 is 1.33 bits per heavy atom. The summed E-state index contributed by atoms with van der Waals surface area (Å²) in [4.78, 5) is 16.9. The van der Waals surface area contributed by atoms with Gasteiger partial charge in [0.05, 0.1) is 12.7 Å². The molecule has 0 atom stereocenters. The number of carbonyl (C=O) groups excluding carboxylic acids is 1. The van der Waals surface area contributed by atoms with Crippen LogP contribution in [0.2, 0.25) is 0 Å². The van der Waals surface area contributed by atoms with Gasteiger partial charge in [0.25, 0.3) is 0 Å². The Kier molecular flexibility index (Phi) is 6.43. The molecule has 0 saturated heterocycles. The Labute approximate surface area is 109 Å². The van der Waals surface area contributed by atoms with Crippen LogP contribution in [-0.2, 0) is 4.84 Å². The lowest BCUT2D eigenvalue weighted by Crippen LogP contribution is -2.44. The average Bonchev–Trinajstić information content (AvgIpc) is 2.92. The van der Waals surface area contributed by atoms with Gasteiger partial charge in [0.15, 0.2) is 0 Å². The van der Waals surface area contributed by atoms with Gasteiger partial charge in [0.1, 0.15) is 0 Å². The number of amides is 2. The van der Waals surface area contributed by atoms with Crippen LogP contribution >= 0.6 is 0 Å². The average molecular weight is 258 g/mol.